The van der Waals surface area contributed by atoms with Crippen molar-refractivity contribution in [2.24, 2.45) is 0 Å². The number of methoxy groups -OCH3 is 1. The lowest BCUT2D eigenvalue weighted by Gasteiger charge is -2.11. The van der Waals surface area contributed by atoms with E-state index in [9.17, 15) is 14.0 Å². The van der Waals surface area contributed by atoms with Crippen LogP contribution in [0.3, 0.4) is 0 Å². The van der Waals surface area contributed by atoms with Crippen molar-refractivity contribution in [1.82, 2.24) is 0 Å². The normalized spacial score (nSPS) is 10.0. The fourth-order valence-electron chi connectivity index (χ4n) is 1.83. The molecule has 2 N–H and O–H groups in total. The van der Waals surface area contributed by atoms with Gasteiger partial charge in [0.25, 0.3) is 5.91 Å². The summed E-state index contributed by atoms with van der Waals surface area (Å²) in [5.41, 5.74) is -0.0846. The monoisotopic (exact) mass is 289 g/mol. The molecular formula is C15H12FNO4. The van der Waals surface area contributed by atoms with Gasteiger partial charge in [-0.25, -0.2) is 9.18 Å². The Kier molecular flexibility index (Phi) is 4.18. The van der Waals surface area contributed by atoms with Crippen LogP contribution in [0.2, 0.25) is 0 Å². The second kappa shape index (κ2) is 6.04. The molecule has 0 saturated carbocycles. The molecule has 2 aromatic carbocycles. The third kappa shape index (κ3) is 3.17. The number of halogens is 1. The molecule has 108 valence electrons. The Balaban J connectivity index is 2.36. The van der Waals surface area contributed by atoms with Crippen LogP contribution in [-0.2, 0) is 0 Å². The Bertz CT molecular complexity index is 700. The molecule has 0 spiro atoms. The maximum atomic E-state index is 13.2. The Labute approximate surface area is 120 Å². The average Bonchev–Trinajstić information content (AvgIpc) is 2.46. The number of hydrogen-bond acceptors (Lipinski definition) is 3. The predicted octanol–water partition coefficient (Wildman–Crippen LogP) is 2.78. The minimum absolute atomic E-state index is 0.113. The van der Waals surface area contributed by atoms with Crippen LogP contribution in [0.15, 0.2) is 42.5 Å². The van der Waals surface area contributed by atoms with E-state index in [0.29, 0.717) is 5.75 Å². The summed E-state index contributed by atoms with van der Waals surface area (Å²) in [6, 6.07) is 9.52. The first-order valence-electron chi connectivity index (χ1n) is 6.00. The van der Waals surface area contributed by atoms with Crippen molar-refractivity contribution in [3.05, 3.63) is 59.4 Å². The van der Waals surface area contributed by atoms with Gasteiger partial charge in [0.05, 0.1) is 23.9 Å². The van der Waals surface area contributed by atoms with Crippen molar-refractivity contribution in [1.29, 1.82) is 0 Å². The lowest BCUT2D eigenvalue weighted by molar-refractivity contribution is 0.0698. The van der Waals surface area contributed by atoms with Crippen LogP contribution in [0.1, 0.15) is 20.7 Å². The molecule has 1 amide bonds. The highest BCUT2D eigenvalue weighted by molar-refractivity contribution is 6.09. The number of aromatic carboxylic acids is 1. The number of carbonyl (C=O) groups excluding carboxylic acids is 1. The van der Waals surface area contributed by atoms with Gasteiger partial charge in [-0.1, -0.05) is 12.1 Å². The van der Waals surface area contributed by atoms with E-state index in [4.69, 9.17) is 9.84 Å². The molecule has 5 nitrogen and oxygen atoms in total. The van der Waals surface area contributed by atoms with Crippen LogP contribution in [0.25, 0.3) is 0 Å². The zero-order chi connectivity index (χ0) is 15.4. The molecule has 2 rings (SSSR count). The summed E-state index contributed by atoms with van der Waals surface area (Å²) < 4.78 is 18.3. The highest BCUT2D eigenvalue weighted by atomic mass is 19.1. The van der Waals surface area contributed by atoms with Gasteiger partial charge < -0.3 is 15.2 Å². The molecule has 0 unspecified atom stereocenters. The van der Waals surface area contributed by atoms with E-state index >= 15 is 0 Å². The van der Waals surface area contributed by atoms with E-state index in [-0.39, 0.29) is 16.8 Å². The number of amides is 1. The second-order valence-corrected chi connectivity index (χ2v) is 4.15. The van der Waals surface area contributed by atoms with Gasteiger partial charge in [0.2, 0.25) is 0 Å². The zero-order valence-electron chi connectivity index (χ0n) is 11.1. The number of carboxylic acid groups (broad SMARTS) is 1. The summed E-state index contributed by atoms with van der Waals surface area (Å²) in [6.07, 6.45) is 0. The molecule has 0 fully saturated rings. The highest BCUT2D eigenvalue weighted by Crippen LogP contribution is 2.22. The van der Waals surface area contributed by atoms with E-state index in [1.165, 1.54) is 13.2 Å². The first kappa shape index (κ1) is 14.5. The second-order valence-electron chi connectivity index (χ2n) is 4.15. The van der Waals surface area contributed by atoms with Crippen molar-refractivity contribution in [2.45, 2.75) is 0 Å². The van der Waals surface area contributed by atoms with Gasteiger partial charge in [-0.05, 0) is 30.3 Å². The molecule has 0 aromatic heterocycles. The first-order valence-corrected chi connectivity index (χ1v) is 6.00. The lowest BCUT2D eigenvalue weighted by atomic mass is 10.1. The zero-order valence-corrected chi connectivity index (χ0v) is 11.1. The van der Waals surface area contributed by atoms with Gasteiger partial charge in [0.1, 0.15) is 11.6 Å². The molecule has 21 heavy (non-hydrogen) atoms. The van der Waals surface area contributed by atoms with Crippen LogP contribution in [0, 0.1) is 5.82 Å². The first-order chi connectivity index (χ1) is 10.0. The summed E-state index contributed by atoms with van der Waals surface area (Å²) in [5, 5.41) is 11.4. The lowest BCUT2D eigenvalue weighted by Crippen LogP contribution is -2.16. The number of carboxylic acids is 1. The number of ether oxygens (including phenoxy) is 1. The number of carbonyl (C=O) groups is 2. The van der Waals surface area contributed by atoms with Crippen LogP contribution < -0.4 is 10.1 Å². The number of nitrogens with one attached hydrogen (secondary N) is 1. The highest BCUT2D eigenvalue weighted by Gasteiger charge is 2.16. The Hall–Kier alpha value is -2.89. The molecular weight excluding hydrogens is 277 g/mol. The van der Waals surface area contributed by atoms with Crippen molar-refractivity contribution in [2.75, 3.05) is 12.4 Å². The average molecular weight is 289 g/mol. The van der Waals surface area contributed by atoms with Crippen molar-refractivity contribution in [3.63, 3.8) is 0 Å². The van der Waals surface area contributed by atoms with E-state index in [1.54, 1.807) is 18.2 Å². The molecule has 0 heterocycles. The molecule has 0 aliphatic rings. The molecule has 0 saturated heterocycles. The minimum atomic E-state index is -1.26. The Morgan fingerprint density at radius 2 is 1.86 bits per heavy atom. The SMILES string of the molecule is COc1ccccc1C(=O)Nc1cc(F)ccc1C(=O)O. The molecule has 2 aromatic rings. The molecule has 0 bridgehead atoms. The third-order valence-electron chi connectivity index (χ3n) is 2.81. The van der Waals surface area contributed by atoms with Crippen LogP contribution in [0.5, 0.6) is 5.75 Å². The summed E-state index contributed by atoms with van der Waals surface area (Å²) in [7, 11) is 1.41. The van der Waals surface area contributed by atoms with Crippen LogP contribution in [0.4, 0.5) is 10.1 Å². The third-order valence-corrected chi connectivity index (χ3v) is 2.81. The Morgan fingerprint density at radius 1 is 1.14 bits per heavy atom. The standard InChI is InChI=1S/C15H12FNO4/c1-21-13-5-3-2-4-11(13)14(18)17-12-8-9(16)6-7-10(12)15(19)20/h2-8H,1H3,(H,17,18)(H,19,20). The summed E-state index contributed by atoms with van der Waals surface area (Å²) >= 11 is 0. The van der Waals surface area contributed by atoms with Gasteiger partial charge in [-0.2, -0.15) is 0 Å². The van der Waals surface area contributed by atoms with E-state index in [0.717, 1.165) is 18.2 Å². The topological polar surface area (TPSA) is 75.6 Å². The van der Waals surface area contributed by atoms with Gasteiger partial charge in [-0.15, -0.1) is 0 Å². The molecule has 6 heteroatoms. The van der Waals surface area contributed by atoms with E-state index < -0.39 is 17.7 Å². The van der Waals surface area contributed by atoms with E-state index in [2.05, 4.69) is 5.32 Å². The smallest absolute Gasteiger partial charge is 0.337 e. The molecule has 0 radical (unpaired) electrons. The van der Waals surface area contributed by atoms with Gasteiger partial charge in [-0.3, -0.25) is 4.79 Å². The van der Waals surface area contributed by atoms with Gasteiger partial charge in [0.15, 0.2) is 0 Å². The van der Waals surface area contributed by atoms with E-state index in [1.807, 2.05) is 0 Å². The van der Waals surface area contributed by atoms with Crippen LogP contribution in [-0.4, -0.2) is 24.1 Å². The summed E-state index contributed by atoms with van der Waals surface area (Å²) in [5.74, 6) is -2.15. The maximum Gasteiger partial charge on any atom is 0.337 e. The summed E-state index contributed by atoms with van der Waals surface area (Å²) in [6.45, 7) is 0. The van der Waals surface area contributed by atoms with Crippen molar-refractivity contribution in [3.8, 4) is 5.75 Å². The van der Waals surface area contributed by atoms with Crippen molar-refractivity contribution < 1.29 is 23.8 Å². The molecule has 0 aliphatic carbocycles. The maximum absolute atomic E-state index is 13.2. The number of benzene rings is 2. The molecule has 0 aliphatic heterocycles. The minimum Gasteiger partial charge on any atom is -0.496 e. The quantitative estimate of drug-likeness (QED) is 0.907. The van der Waals surface area contributed by atoms with Crippen molar-refractivity contribution >= 4 is 17.6 Å². The number of para-hydroxylation sites is 1. The number of hydrogen-bond donors (Lipinski definition) is 2. The van der Waals surface area contributed by atoms with Gasteiger partial charge in [0, 0.05) is 0 Å². The molecule has 0 atom stereocenters. The Morgan fingerprint density at radius 3 is 2.52 bits per heavy atom. The summed E-state index contributed by atoms with van der Waals surface area (Å²) in [4.78, 5) is 23.2. The number of anilines is 1. The van der Waals surface area contributed by atoms with Gasteiger partial charge >= 0.3 is 5.97 Å². The fourth-order valence-corrected chi connectivity index (χ4v) is 1.83. The largest absolute Gasteiger partial charge is 0.496 e. The van der Waals surface area contributed by atoms with Crippen LogP contribution >= 0.6 is 0 Å². The predicted molar refractivity (Wildman–Crippen MR) is 74.3 cm³/mol. The number of rotatable bonds is 4. The fraction of sp³-hybridized carbons (Fsp3) is 0.0667.